The van der Waals surface area contributed by atoms with Crippen molar-refractivity contribution in [3.8, 4) is 0 Å². The lowest BCUT2D eigenvalue weighted by Gasteiger charge is -2.33. The maximum atomic E-state index is 13.0. The molecule has 0 saturated carbocycles. The third-order valence-electron chi connectivity index (χ3n) is 6.57. The van der Waals surface area contributed by atoms with Crippen molar-refractivity contribution in [1.29, 1.82) is 0 Å². The second-order valence-electron chi connectivity index (χ2n) is 9.65. The molecule has 0 bridgehead atoms. The van der Waals surface area contributed by atoms with E-state index >= 15 is 0 Å². The summed E-state index contributed by atoms with van der Waals surface area (Å²) in [4.78, 5) is 53.5. The smallest absolute Gasteiger partial charge is 0.384 e. The van der Waals surface area contributed by atoms with Gasteiger partial charge in [-0.3, -0.25) is 14.4 Å². The van der Waals surface area contributed by atoms with Gasteiger partial charge in [-0.15, -0.1) is 17.5 Å². The zero-order valence-corrected chi connectivity index (χ0v) is 21.1. The topological polar surface area (TPSA) is 118 Å². The van der Waals surface area contributed by atoms with Gasteiger partial charge in [-0.25, -0.2) is 4.79 Å². The van der Waals surface area contributed by atoms with Gasteiger partial charge in [-0.1, -0.05) is 24.3 Å². The van der Waals surface area contributed by atoms with Crippen LogP contribution < -0.4 is 11.1 Å². The summed E-state index contributed by atoms with van der Waals surface area (Å²) in [5, 5.41) is 7.01. The molecular weight excluding hydrogens is 474 g/mol. The highest BCUT2D eigenvalue weighted by molar-refractivity contribution is 5.98. The fraction of sp³-hybridized carbons (Fsp3) is 0.542. The Balaban J connectivity index is 0.00000342. The van der Waals surface area contributed by atoms with E-state index in [9.17, 15) is 19.2 Å². The normalized spacial score (nSPS) is 17.6. The lowest BCUT2D eigenvalue weighted by atomic mass is 9.96. The molecule has 0 unspecified atom stereocenters. The van der Waals surface area contributed by atoms with E-state index in [0.717, 1.165) is 11.1 Å². The number of carbonyl (C=O) groups excluding carboxylic acids is 3. The zero-order valence-electron chi connectivity index (χ0n) is 20.3. The van der Waals surface area contributed by atoms with Crippen LogP contribution in [0.25, 0.3) is 0 Å². The number of Topliss-reactive ketones (excluding diaryl/α,β-unsaturated/α-hetero) is 1. The van der Waals surface area contributed by atoms with Crippen molar-refractivity contribution in [3.05, 3.63) is 51.8 Å². The summed E-state index contributed by atoms with van der Waals surface area (Å²) in [5.41, 5.74) is 1.86. The summed E-state index contributed by atoms with van der Waals surface area (Å²) in [5.74, 6) is -1.66. The average molecular weight is 506 g/mol. The minimum absolute atomic E-state index is 0. The van der Waals surface area contributed by atoms with E-state index < -0.39 is 23.1 Å². The van der Waals surface area contributed by atoms with Crippen LogP contribution in [0.15, 0.2) is 33.5 Å². The highest BCUT2D eigenvalue weighted by Gasteiger charge is 2.37. The number of halogens is 1. The highest BCUT2D eigenvalue weighted by Crippen LogP contribution is 2.22. The molecule has 35 heavy (non-hydrogen) atoms. The molecule has 1 atom stereocenters. The quantitative estimate of drug-likeness (QED) is 0.564. The molecule has 4 rings (SSSR count). The minimum atomic E-state index is -0.718. The number of benzene rings is 1. The number of nitrogens with one attached hydrogen (secondary N) is 1. The number of rotatable bonds is 7. The largest absolute Gasteiger partial charge is 0.437 e. The van der Waals surface area contributed by atoms with Crippen molar-refractivity contribution < 1.29 is 18.8 Å². The molecule has 1 fully saturated rings. The maximum Gasteiger partial charge on any atom is 0.437 e. The number of aryl methyl sites for hydroxylation is 1. The Kier molecular flexibility index (Phi) is 8.17. The Bertz CT molecular complexity index is 1160. The number of hydrogen-bond acceptors (Lipinski definition) is 7. The van der Waals surface area contributed by atoms with Crippen LogP contribution in [0.5, 0.6) is 0 Å². The number of amides is 2. The first-order valence-electron chi connectivity index (χ1n) is 11.6. The monoisotopic (exact) mass is 505 g/mol. The number of fused-ring (bicyclic) bond motifs is 1. The lowest BCUT2D eigenvalue weighted by Crippen LogP contribution is -2.51. The number of ketones is 1. The zero-order chi connectivity index (χ0) is 24.5. The number of nitrogens with zero attached hydrogens (tertiary/aromatic N) is 4. The van der Waals surface area contributed by atoms with Crippen molar-refractivity contribution in [2.75, 3.05) is 19.6 Å². The van der Waals surface area contributed by atoms with Crippen LogP contribution in [-0.4, -0.2) is 68.4 Å². The predicted octanol–water partition coefficient (Wildman–Crippen LogP) is 1.31. The molecule has 0 spiro atoms. The highest BCUT2D eigenvalue weighted by atomic mass is 35.5. The van der Waals surface area contributed by atoms with E-state index in [1.54, 1.807) is 0 Å². The van der Waals surface area contributed by atoms with Gasteiger partial charge in [0.15, 0.2) is 0 Å². The molecular formula is C24H32ClN5O5. The van der Waals surface area contributed by atoms with Crippen molar-refractivity contribution in [2.24, 2.45) is 7.05 Å². The van der Waals surface area contributed by atoms with Gasteiger partial charge in [-0.2, -0.15) is 4.68 Å². The first-order valence-corrected chi connectivity index (χ1v) is 11.6. The summed E-state index contributed by atoms with van der Waals surface area (Å²) in [6.45, 7) is 5.52. The molecule has 11 heteroatoms. The second kappa shape index (κ2) is 10.7. The Labute approximate surface area is 210 Å². The molecule has 1 N–H and O–H groups in total. The second-order valence-corrected chi connectivity index (χ2v) is 9.65. The first-order chi connectivity index (χ1) is 16.1. The van der Waals surface area contributed by atoms with Gasteiger partial charge in [0.25, 0.3) is 5.89 Å². The molecule has 0 aliphatic carbocycles. The van der Waals surface area contributed by atoms with Crippen LogP contribution in [0.2, 0.25) is 0 Å². The lowest BCUT2D eigenvalue weighted by molar-refractivity contribution is -0.134. The molecule has 2 aromatic rings. The average Bonchev–Trinajstić information content (AvgIpc) is 3.43. The predicted molar refractivity (Wildman–Crippen MR) is 130 cm³/mol. The maximum absolute atomic E-state index is 13.0. The number of aromatic nitrogens is 2. The van der Waals surface area contributed by atoms with Crippen LogP contribution >= 0.6 is 12.4 Å². The molecule has 190 valence electrons. The summed E-state index contributed by atoms with van der Waals surface area (Å²) in [6, 6.07) is 7.46. The Morgan fingerprint density at radius 1 is 1.14 bits per heavy atom. The molecule has 3 heterocycles. The van der Waals surface area contributed by atoms with Crippen molar-refractivity contribution in [3.63, 3.8) is 0 Å². The van der Waals surface area contributed by atoms with Gasteiger partial charge in [0.05, 0.1) is 6.54 Å². The number of carbonyl (C=O) groups is 3. The summed E-state index contributed by atoms with van der Waals surface area (Å²) in [6.07, 6.45) is 2.26. The Morgan fingerprint density at radius 2 is 1.86 bits per heavy atom. The summed E-state index contributed by atoms with van der Waals surface area (Å²) < 4.78 is 5.86. The summed E-state index contributed by atoms with van der Waals surface area (Å²) >= 11 is 0. The molecule has 2 amide bonds. The van der Waals surface area contributed by atoms with Crippen LogP contribution in [0.1, 0.15) is 54.9 Å². The Morgan fingerprint density at radius 3 is 2.54 bits per heavy atom. The standard InChI is InChI=1S/C24H31N5O5.ClH/c1-24(2,13-19(30)28-12-10-16-7-4-5-8-17(16)15-28)25-14-20(31)29-11-6-9-18(29)21(32)22-26-27(3)23(33)34-22;/h4-5,7-8,18,25H,6,9-15H2,1-3H3;1H/t18-;/m0./s1. The van der Waals surface area contributed by atoms with E-state index in [1.165, 1.54) is 23.1 Å². The minimum Gasteiger partial charge on any atom is -0.384 e. The first kappa shape index (κ1) is 26.6. The molecule has 1 saturated heterocycles. The van der Waals surface area contributed by atoms with Gasteiger partial charge in [0.2, 0.25) is 17.6 Å². The van der Waals surface area contributed by atoms with Gasteiger partial charge >= 0.3 is 5.76 Å². The molecule has 2 aliphatic rings. The van der Waals surface area contributed by atoms with Gasteiger partial charge < -0.3 is 19.5 Å². The summed E-state index contributed by atoms with van der Waals surface area (Å²) in [7, 11) is 1.40. The number of likely N-dealkylation sites (tertiary alicyclic amines) is 1. The van der Waals surface area contributed by atoms with Crippen molar-refractivity contribution >= 4 is 30.0 Å². The number of hydrogen-bond donors (Lipinski definition) is 1. The molecule has 1 aromatic heterocycles. The third-order valence-corrected chi connectivity index (χ3v) is 6.57. The molecule has 0 radical (unpaired) electrons. The Hall–Kier alpha value is -2.98. The SMILES string of the molecule is Cl.Cn1nc(C(=O)[C@@H]2CCCN2C(=O)CNC(C)(C)CC(=O)N2CCc3ccccc3C2)oc1=O. The van der Waals surface area contributed by atoms with Crippen LogP contribution in [0.4, 0.5) is 0 Å². The van der Waals surface area contributed by atoms with Crippen LogP contribution in [-0.2, 0) is 29.6 Å². The molecule has 1 aromatic carbocycles. The fourth-order valence-electron chi connectivity index (χ4n) is 4.60. The fourth-order valence-corrected chi connectivity index (χ4v) is 4.60. The van der Waals surface area contributed by atoms with Gasteiger partial charge in [-0.05, 0) is 44.2 Å². The molecule has 10 nitrogen and oxygen atoms in total. The third kappa shape index (κ3) is 5.99. The van der Waals surface area contributed by atoms with E-state index in [4.69, 9.17) is 4.42 Å². The van der Waals surface area contributed by atoms with Crippen molar-refractivity contribution in [2.45, 2.75) is 57.7 Å². The molecule has 2 aliphatic heterocycles. The van der Waals surface area contributed by atoms with E-state index in [0.29, 0.717) is 32.5 Å². The van der Waals surface area contributed by atoms with Gasteiger partial charge in [0, 0.05) is 38.6 Å². The van der Waals surface area contributed by atoms with Gasteiger partial charge in [0.1, 0.15) is 6.04 Å². The van der Waals surface area contributed by atoms with E-state index in [-0.39, 0.29) is 43.1 Å². The van der Waals surface area contributed by atoms with Crippen LogP contribution in [0, 0.1) is 0 Å². The van der Waals surface area contributed by atoms with E-state index in [1.807, 2.05) is 30.9 Å². The van der Waals surface area contributed by atoms with Crippen molar-refractivity contribution in [1.82, 2.24) is 24.9 Å². The van der Waals surface area contributed by atoms with E-state index in [2.05, 4.69) is 22.5 Å². The van der Waals surface area contributed by atoms with Crippen LogP contribution in [0.3, 0.4) is 0 Å².